The van der Waals surface area contributed by atoms with Crippen LogP contribution in [0.3, 0.4) is 0 Å². The molecule has 0 radical (unpaired) electrons. The van der Waals surface area contributed by atoms with Crippen LogP contribution < -0.4 is 9.47 Å². The largest absolute Gasteiger partial charge is 0.390 e. The molecule has 0 unspecified atom stereocenters. The zero-order valence-corrected chi connectivity index (χ0v) is 28.1. The lowest BCUT2D eigenvalue weighted by atomic mass is 10.3. The quantitative estimate of drug-likeness (QED) is 0.149. The van der Waals surface area contributed by atoms with E-state index in [4.69, 9.17) is 29.4 Å². The summed E-state index contributed by atoms with van der Waals surface area (Å²) in [5.74, 6) is 0. The van der Waals surface area contributed by atoms with Gasteiger partial charge in [-0.25, -0.2) is 7.94 Å². The summed E-state index contributed by atoms with van der Waals surface area (Å²) in [7, 11) is 1.95. The first-order valence-electron chi connectivity index (χ1n) is 15.8. The molecular formula is C37H28N8O2S2. The molecule has 12 heteroatoms. The molecule has 240 valence electrons. The number of ether oxygens (including phenoxy) is 2. The van der Waals surface area contributed by atoms with Crippen LogP contribution in [0, 0.1) is 0 Å². The molecule has 4 heterocycles. The van der Waals surface area contributed by atoms with Gasteiger partial charge in [-0.2, -0.15) is 19.9 Å². The topological polar surface area (TPSA) is 89.7 Å². The van der Waals surface area contributed by atoms with Crippen molar-refractivity contribution in [2.45, 2.75) is 23.3 Å². The molecule has 10 nitrogen and oxygen atoms in total. The highest BCUT2D eigenvalue weighted by Gasteiger charge is 2.22. The minimum Gasteiger partial charge on any atom is -0.390 e. The van der Waals surface area contributed by atoms with Crippen LogP contribution in [0.4, 0.5) is 0 Å². The first-order chi connectivity index (χ1) is 24.1. The van der Waals surface area contributed by atoms with E-state index in [9.17, 15) is 0 Å². The van der Waals surface area contributed by atoms with Crippen LogP contribution in [-0.2, 0) is 13.6 Å². The van der Waals surface area contributed by atoms with E-state index in [-0.39, 0.29) is 0 Å². The minimum absolute atomic E-state index is 0.431. The number of hydrogen-bond donors (Lipinski definition) is 0. The van der Waals surface area contributed by atoms with E-state index in [1.165, 1.54) is 23.9 Å². The number of benzene rings is 5. The molecule has 0 N–H and O–H groups in total. The van der Waals surface area contributed by atoms with Crippen molar-refractivity contribution < 1.29 is 9.47 Å². The van der Waals surface area contributed by atoms with Crippen molar-refractivity contribution >= 4 is 68.0 Å². The number of para-hydroxylation sites is 8. The highest BCUT2D eigenvalue weighted by Crippen LogP contribution is 2.41. The lowest BCUT2D eigenvalue weighted by molar-refractivity contribution is 0.390. The van der Waals surface area contributed by atoms with Gasteiger partial charge in [-0.3, -0.25) is 9.13 Å². The van der Waals surface area contributed by atoms with Crippen molar-refractivity contribution in [3.63, 3.8) is 0 Å². The molecule has 0 aliphatic heterocycles. The van der Waals surface area contributed by atoms with Gasteiger partial charge in [-0.1, -0.05) is 60.7 Å². The first kappa shape index (κ1) is 29.4. The number of aromatic nitrogens is 8. The number of nitrogens with zero attached hydrogens (tertiary/aromatic N) is 8. The summed E-state index contributed by atoms with van der Waals surface area (Å²) in [5, 5.41) is 0. The van der Waals surface area contributed by atoms with Gasteiger partial charge >= 0.3 is 24.0 Å². The van der Waals surface area contributed by atoms with Crippen molar-refractivity contribution in [3.8, 4) is 24.0 Å². The molecule has 0 atom stereocenters. The molecule has 0 aliphatic rings. The summed E-state index contributed by atoms with van der Waals surface area (Å²) in [4.78, 5) is 21.3. The van der Waals surface area contributed by atoms with Crippen LogP contribution in [0.2, 0.25) is 0 Å². The van der Waals surface area contributed by atoms with Crippen molar-refractivity contribution in [1.29, 1.82) is 0 Å². The highest BCUT2D eigenvalue weighted by molar-refractivity contribution is 8.01. The monoisotopic (exact) mass is 680 g/mol. The van der Waals surface area contributed by atoms with E-state index in [1.807, 2.05) is 123 Å². The van der Waals surface area contributed by atoms with E-state index < -0.39 is 0 Å². The van der Waals surface area contributed by atoms with Crippen molar-refractivity contribution in [2.24, 2.45) is 7.05 Å². The summed E-state index contributed by atoms with van der Waals surface area (Å²) in [6.45, 7) is 2.79. The fourth-order valence-corrected chi connectivity index (χ4v) is 7.91. The molecule has 0 saturated heterocycles. The van der Waals surface area contributed by atoms with E-state index in [0.717, 1.165) is 53.9 Å². The molecule has 0 spiro atoms. The Morgan fingerprint density at radius 2 is 0.857 bits per heavy atom. The average molecular weight is 681 g/mol. The van der Waals surface area contributed by atoms with Gasteiger partial charge in [0.15, 0.2) is 0 Å². The number of rotatable bonds is 9. The van der Waals surface area contributed by atoms with Crippen LogP contribution in [0.15, 0.2) is 131 Å². The Morgan fingerprint density at radius 3 is 1.39 bits per heavy atom. The second-order valence-electron chi connectivity index (χ2n) is 11.3. The van der Waals surface area contributed by atoms with E-state index in [1.54, 1.807) is 0 Å². The van der Waals surface area contributed by atoms with Gasteiger partial charge in [0, 0.05) is 23.4 Å². The maximum atomic E-state index is 6.53. The Labute approximate surface area is 289 Å². The predicted octanol–water partition coefficient (Wildman–Crippen LogP) is 9.34. The smallest absolute Gasteiger partial charge is 0.316 e. The molecule has 0 amide bonds. The van der Waals surface area contributed by atoms with Crippen LogP contribution in [0.25, 0.3) is 44.1 Å². The predicted molar refractivity (Wildman–Crippen MR) is 195 cm³/mol. The number of imidazole rings is 4. The second kappa shape index (κ2) is 12.1. The lowest BCUT2D eigenvalue weighted by Gasteiger charge is -2.14. The van der Waals surface area contributed by atoms with Crippen molar-refractivity contribution in [3.05, 3.63) is 121 Å². The number of hydrogen-bond acceptors (Lipinski definition) is 8. The van der Waals surface area contributed by atoms with Crippen LogP contribution >= 0.6 is 23.9 Å². The normalized spacial score (nSPS) is 11.7. The third kappa shape index (κ3) is 5.16. The molecule has 0 aliphatic carbocycles. The summed E-state index contributed by atoms with van der Waals surface area (Å²) >= 11 is 3.07. The van der Waals surface area contributed by atoms with Crippen molar-refractivity contribution in [2.75, 3.05) is 0 Å². The Bertz CT molecular complexity index is 2650. The third-order valence-corrected chi connectivity index (χ3v) is 10.6. The van der Waals surface area contributed by atoms with E-state index >= 15 is 0 Å². The lowest BCUT2D eigenvalue weighted by Crippen LogP contribution is -2.02. The van der Waals surface area contributed by atoms with Gasteiger partial charge in [-0.15, -0.1) is 0 Å². The van der Waals surface area contributed by atoms with Crippen LogP contribution in [-0.4, -0.2) is 37.0 Å². The summed E-state index contributed by atoms with van der Waals surface area (Å²) in [6.07, 6.45) is 0. The second-order valence-corrected chi connectivity index (χ2v) is 13.2. The Morgan fingerprint density at radius 1 is 0.469 bits per heavy atom. The van der Waals surface area contributed by atoms with Gasteiger partial charge in [0.2, 0.25) is 0 Å². The zero-order chi connectivity index (χ0) is 32.9. The van der Waals surface area contributed by atoms with E-state index in [0.29, 0.717) is 30.6 Å². The first-order valence-corrected chi connectivity index (χ1v) is 17.3. The van der Waals surface area contributed by atoms with Gasteiger partial charge in [-0.05, 0) is 91.5 Å². The molecule has 4 aromatic heterocycles. The standard InChI is InChI=1S/C37H28N8O2S2/c1-3-43-29-19-9-5-15-25(29)39-35(43)47-37-41-27-17-7-11-21-31(27)45(37)49-33-23-13-12-22-32(33)48-44-30-20-10-6-16-26(30)40-36(44)46-34-38-24-14-4-8-18-28(24)42(34)2/h4-23H,3H2,1-2H3. The summed E-state index contributed by atoms with van der Waals surface area (Å²) in [6, 6.07) is 42.1. The summed E-state index contributed by atoms with van der Waals surface area (Å²) < 4.78 is 21.0. The molecule has 9 rings (SSSR count). The maximum Gasteiger partial charge on any atom is 0.316 e. The highest BCUT2D eigenvalue weighted by atomic mass is 32.2. The summed E-state index contributed by atoms with van der Waals surface area (Å²) in [5.41, 5.74) is 7.24. The molecule has 5 aromatic carbocycles. The fourth-order valence-electron chi connectivity index (χ4n) is 5.88. The Balaban J connectivity index is 1.10. The number of aryl methyl sites for hydroxylation is 2. The number of fused-ring (bicyclic) bond motifs is 4. The SMILES string of the molecule is CCn1c(Oc2nc3ccccc3n2Sc2ccccc2Sn2c(Oc3nc4ccccc4n3C)nc3ccccc32)nc2ccccc21. The Kier molecular flexibility index (Phi) is 7.24. The van der Waals surface area contributed by atoms with Gasteiger partial charge < -0.3 is 9.47 Å². The zero-order valence-electron chi connectivity index (χ0n) is 26.5. The van der Waals surface area contributed by atoms with Gasteiger partial charge in [0.1, 0.15) is 0 Å². The molecule has 0 bridgehead atoms. The van der Waals surface area contributed by atoms with E-state index in [2.05, 4.69) is 29.7 Å². The average Bonchev–Trinajstić information content (AvgIpc) is 3.86. The fraction of sp³-hybridized carbons (Fsp3) is 0.0811. The Hall–Kier alpha value is -5.72. The van der Waals surface area contributed by atoms with Crippen LogP contribution in [0.1, 0.15) is 6.92 Å². The van der Waals surface area contributed by atoms with Gasteiger partial charge in [0.05, 0.1) is 44.1 Å². The van der Waals surface area contributed by atoms with Gasteiger partial charge in [0.25, 0.3) is 0 Å². The van der Waals surface area contributed by atoms with Crippen LogP contribution in [0.5, 0.6) is 24.0 Å². The molecular weight excluding hydrogens is 653 g/mol. The minimum atomic E-state index is 0.431. The molecule has 0 saturated carbocycles. The molecule has 0 fully saturated rings. The maximum absolute atomic E-state index is 6.53. The molecule has 9 aromatic rings. The third-order valence-electron chi connectivity index (χ3n) is 8.26. The molecule has 49 heavy (non-hydrogen) atoms. The van der Waals surface area contributed by atoms with Crippen molar-refractivity contribution in [1.82, 2.24) is 37.0 Å².